The van der Waals surface area contributed by atoms with Crippen molar-refractivity contribution in [3.63, 3.8) is 0 Å². The molecule has 1 fully saturated rings. The maximum atomic E-state index is 5.84. The van der Waals surface area contributed by atoms with Gasteiger partial charge in [0.25, 0.3) is 0 Å². The van der Waals surface area contributed by atoms with Crippen LogP contribution in [0.1, 0.15) is 20.3 Å². The van der Waals surface area contributed by atoms with Crippen LogP contribution in [0.5, 0.6) is 0 Å². The molecule has 70 valence electrons. The first-order valence-corrected chi connectivity index (χ1v) is 4.83. The van der Waals surface area contributed by atoms with Gasteiger partial charge in [0, 0.05) is 19.1 Å². The first kappa shape index (κ1) is 9.75. The molecule has 0 aromatic carbocycles. The van der Waals surface area contributed by atoms with E-state index in [4.69, 9.17) is 5.73 Å². The summed E-state index contributed by atoms with van der Waals surface area (Å²) in [5, 5.41) is 0. The van der Waals surface area contributed by atoms with E-state index in [-0.39, 0.29) is 0 Å². The summed E-state index contributed by atoms with van der Waals surface area (Å²) in [7, 11) is 0. The fourth-order valence-electron chi connectivity index (χ4n) is 1.71. The number of hydrogen-bond acceptors (Lipinski definition) is 2. The van der Waals surface area contributed by atoms with E-state index in [1.165, 1.54) is 19.5 Å². The van der Waals surface area contributed by atoms with Crippen molar-refractivity contribution in [3.05, 3.63) is 12.2 Å². The Labute approximate surface area is 75.4 Å². The first-order chi connectivity index (χ1) is 5.74. The molecule has 1 saturated heterocycles. The van der Waals surface area contributed by atoms with Crippen molar-refractivity contribution in [2.24, 2.45) is 11.7 Å². The predicted octanol–water partition coefficient (Wildman–Crippen LogP) is 1.23. The number of rotatable bonds is 3. The Morgan fingerprint density at radius 3 is 2.92 bits per heavy atom. The van der Waals surface area contributed by atoms with Gasteiger partial charge in [0.2, 0.25) is 0 Å². The summed E-state index contributed by atoms with van der Waals surface area (Å²) < 4.78 is 0. The van der Waals surface area contributed by atoms with E-state index in [0.717, 1.165) is 12.5 Å². The van der Waals surface area contributed by atoms with Crippen molar-refractivity contribution in [1.29, 1.82) is 0 Å². The summed E-state index contributed by atoms with van der Waals surface area (Å²) in [6, 6.07) is 0.362. The minimum atomic E-state index is 0.362. The Hall–Kier alpha value is -0.340. The number of likely N-dealkylation sites (tertiary alicyclic amines) is 1. The van der Waals surface area contributed by atoms with E-state index in [1.807, 2.05) is 0 Å². The SMILES string of the molecule is C/C=C/CN1CCC(C(C)N)C1. The van der Waals surface area contributed by atoms with Gasteiger partial charge in [-0.3, -0.25) is 4.90 Å². The third-order valence-corrected chi connectivity index (χ3v) is 2.65. The molecule has 12 heavy (non-hydrogen) atoms. The van der Waals surface area contributed by atoms with Gasteiger partial charge >= 0.3 is 0 Å². The van der Waals surface area contributed by atoms with Crippen molar-refractivity contribution in [2.45, 2.75) is 26.3 Å². The standard InChI is InChI=1S/C10H20N2/c1-3-4-6-12-7-5-10(8-12)9(2)11/h3-4,9-10H,5-8,11H2,1-2H3/b4-3+. The van der Waals surface area contributed by atoms with Crippen LogP contribution in [0.4, 0.5) is 0 Å². The van der Waals surface area contributed by atoms with Gasteiger partial charge in [-0.1, -0.05) is 12.2 Å². The van der Waals surface area contributed by atoms with Crippen LogP contribution < -0.4 is 5.73 Å². The average molecular weight is 168 g/mol. The molecule has 0 radical (unpaired) electrons. The third kappa shape index (κ3) is 2.61. The topological polar surface area (TPSA) is 29.3 Å². The van der Waals surface area contributed by atoms with Crippen molar-refractivity contribution < 1.29 is 0 Å². The van der Waals surface area contributed by atoms with Gasteiger partial charge in [0.15, 0.2) is 0 Å². The summed E-state index contributed by atoms with van der Waals surface area (Å²) in [4.78, 5) is 2.47. The zero-order valence-electron chi connectivity index (χ0n) is 8.16. The normalized spacial score (nSPS) is 28.4. The van der Waals surface area contributed by atoms with Crippen LogP contribution in [0.3, 0.4) is 0 Å². The highest BCUT2D eigenvalue weighted by molar-refractivity contribution is 4.87. The second kappa shape index (κ2) is 4.63. The van der Waals surface area contributed by atoms with E-state index in [0.29, 0.717) is 6.04 Å². The zero-order valence-corrected chi connectivity index (χ0v) is 8.16. The molecule has 0 aromatic heterocycles. The minimum Gasteiger partial charge on any atom is -0.328 e. The lowest BCUT2D eigenvalue weighted by atomic mass is 10.0. The maximum Gasteiger partial charge on any atom is 0.0163 e. The predicted molar refractivity (Wildman–Crippen MR) is 53.0 cm³/mol. The molecule has 0 aliphatic carbocycles. The Kier molecular flexibility index (Phi) is 3.76. The summed E-state index contributed by atoms with van der Waals surface area (Å²) in [5.74, 6) is 0.718. The third-order valence-electron chi connectivity index (χ3n) is 2.65. The van der Waals surface area contributed by atoms with Gasteiger partial charge in [0.05, 0.1) is 0 Å². The molecule has 2 heteroatoms. The second-order valence-corrected chi connectivity index (χ2v) is 3.74. The Morgan fingerprint density at radius 1 is 1.67 bits per heavy atom. The smallest absolute Gasteiger partial charge is 0.0163 e. The molecule has 0 spiro atoms. The molecule has 0 bridgehead atoms. The lowest BCUT2D eigenvalue weighted by Gasteiger charge is -2.15. The summed E-state index contributed by atoms with van der Waals surface area (Å²) in [6.45, 7) is 7.68. The van der Waals surface area contributed by atoms with Gasteiger partial charge in [-0.2, -0.15) is 0 Å². The molecule has 0 saturated carbocycles. The Balaban J connectivity index is 2.25. The van der Waals surface area contributed by atoms with Gasteiger partial charge in [-0.15, -0.1) is 0 Å². The van der Waals surface area contributed by atoms with Crippen LogP contribution in [0, 0.1) is 5.92 Å². The van der Waals surface area contributed by atoms with Crippen LogP contribution >= 0.6 is 0 Å². The Bertz CT molecular complexity index is 152. The quantitative estimate of drug-likeness (QED) is 0.642. The van der Waals surface area contributed by atoms with Crippen LogP contribution in [0.25, 0.3) is 0 Å². The average Bonchev–Trinajstić information content (AvgIpc) is 2.48. The van der Waals surface area contributed by atoms with E-state index >= 15 is 0 Å². The fraction of sp³-hybridized carbons (Fsp3) is 0.800. The highest BCUT2D eigenvalue weighted by Crippen LogP contribution is 2.17. The molecule has 1 aliphatic heterocycles. The van der Waals surface area contributed by atoms with Crippen molar-refractivity contribution in [1.82, 2.24) is 4.90 Å². The van der Waals surface area contributed by atoms with Crippen molar-refractivity contribution in [2.75, 3.05) is 19.6 Å². The largest absolute Gasteiger partial charge is 0.328 e. The van der Waals surface area contributed by atoms with E-state index in [1.54, 1.807) is 0 Å². The van der Waals surface area contributed by atoms with Crippen molar-refractivity contribution in [3.8, 4) is 0 Å². The second-order valence-electron chi connectivity index (χ2n) is 3.74. The molecule has 0 aromatic rings. The van der Waals surface area contributed by atoms with Crippen LogP contribution in [-0.2, 0) is 0 Å². The summed E-state index contributed by atoms with van der Waals surface area (Å²) >= 11 is 0. The van der Waals surface area contributed by atoms with E-state index in [9.17, 15) is 0 Å². The summed E-state index contributed by atoms with van der Waals surface area (Å²) in [6.07, 6.45) is 5.60. The molecular weight excluding hydrogens is 148 g/mol. The van der Waals surface area contributed by atoms with E-state index < -0.39 is 0 Å². The highest BCUT2D eigenvalue weighted by atomic mass is 15.1. The molecule has 2 N–H and O–H groups in total. The molecule has 1 heterocycles. The van der Waals surface area contributed by atoms with Crippen LogP contribution in [0.15, 0.2) is 12.2 Å². The maximum absolute atomic E-state index is 5.84. The molecule has 2 nitrogen and oxygen atoms in total. The van der Waals surface area contributed by atoms with Crippen molar-refractivity contribution >= 4 is 0 Å². The molecule has 2 atom stereocenters. The molecule has 1 aliphatic rings. The first-order valence-electron chi connectivity index (χ1n) is 4.83. The molecule has 2 unspecified atom stereocenters. The highest BCUT2D eigenvalue weighted by Gasteiger charge is 2.23. The van der Waals surface area contributed by atoms with Gasteiger partial charge < -0.3 is 5.73 Å². The zero-order chi connectivity index (χ0) is 8.97. The lowest BCUT2D eigenvalue weighted by Crippen LogP contribution is -2.29. The number of allylic oxidation sites excluding steroid dienone is 1. The molecule has 0 amide bonds. The number of hydrogen-bond donors (Lipinski definition) is 1. The van der Waals surface area contributed by atoms with Gasteiger partial charge in [0.1, 0.15) is 0 Å². The van der Waals surface area contributed by atoms with Gasteiger partial charge in [-0.25, -0.2) is 0 Å². The number of nitrogens with zero attached hydrogens (tertiary/aromatic N) is 1. The lowest BCUT2D eigenvalue weighted by molar-refractivity contribution is 0.346. The molecular formula is C10H20N2. The fourth-order valence-corrected chi connectivity index (χ4v) is 1.71. The van der Waals surface area contributed by atoms with E-state index in [2.05, 4.69) is 30.9 Å². The monoisotopic (exact) mass is 168 g/mol. The number of nitrogens with two attached hydrogens (primary N) is 1. The van der Waals surface area contributed by atoms with Crippen LogP contribution in [0.2, 0.25) is 0 Å². The van der Waals surface area contributed by atoms with Gasteiger partial charge in [-0.05, 0) is 32.7 Å². The summed E-state index contributed by atoms with van der Waals surface area (Å²) in [5.41, 5.74) is 5.84. The van der Waals surface area contributed by atoms with Crippen LogP contribution in [-0.4, -0.2) is 30.6 Å². The molecule has 1 rings (SSSR count). The minimum absolute atomic E-state index is 0.362. The Morgan fingerprint density at radius 2 is 2.42 bits per heavy atom.